The highest BCUT2D eigenvalue weighted by Gasteiger charge is 2.07. The number of rotatable bonds is 7. The van der Waals surface area contributed by atoms with E-state index in [1.165, 1.54) is 10.5 Å². The van der Waals surface area contributed by atoms with Crippen LogP contribution >= 0.6 is 23.4 Å². The average Bonchev–Trinajstić information content (AvgIpc) is 2.43. The molecular formula is C16H22ClN3S. The second kappa shape index (κ2) is 8.90. The quantitative estimate of drug-likeness (QED) is 0.434. The van der Waals surface area contributed by atoms with Crippen molar-refractivity contribution in [1.29, 1.82) is 5.41 Å². The van der Waals surface area contributed by atoms with E-state index < -0.39 is 0 Å². The normalized spacial score (nSPS) is 12.6. The molecule has 0 aromatic heterocycles. The molecule has 3 nitrogen and oxygen atoms in total. The zero-order valence-corrected chi connectivity index (χ0v) is 14.3. The lowest BCUT2D eigenvalue weighted by Gasteiger charge is -2.10. The Balaban J connectivity index is 2.97. The molecule has 114 valence electrons. The number of hydrogen-bond acceptors (Lipinski definition) is 3. The maximum Gasteiger partial charge on any atom is 0.141 e. The molecule has 0 fully saturated rings. The van der Waals surface area contributed by atoms with Crippen molar-refractivity contribution >= 4 is 34.9 Å². The van der Waals surface area contributed by atoms with E-state index in [0.717, 1.165) is 22.9 Å². The maximum absolute atomic E-state index is 7.47. The second-order valence-corrected chi connectivity index (χ2v) is 6.29. The summed E-state index contributed by atoms with van der Waals surface area (Å²) in [4.78, 5) is 5.65. The smallest absolute Gasteiger partial charge is 0.141 e. The van der Waals surface area contributed by atoms with Crippen molar-refractivity contribution in [3.05, 3.63) is 40.6 Å². The Morgan fingerprint density at radius 1 is 1.48 bits per heavy atom. The standard InChI is InChI=1S/C16H22ClN3S/c1-4-8-21-15-7-6-13(17)10-12(15)9-11(3)20-14(5-2)16(18)19/h5-7,10H,4,8-9H2,1-3H3,(H3,18,19)/b14-5-,20-11?. The fraction of sp³-hybridized carbons (Fsp3) is 0.375. The third-order valence-electron chi connectivity index (χ3n) is 2.79. The van der Waals surface area contributed by atoms with Crippen LogP contribution in [0.2, 0.25) is 5.02 Å². The lowest BCUT2D eigenvalue weighted by molar-refractivity contribution is 1.10. The first-order valence-electron chi connectivity index (χ1n) is 6.94. The van der Waals surface area contributed by atoms with Crippen LogP contribution in [0.1, 0.15) is 32.8 Å². The molecule has 0 saturated carbocycles. The first-order valence-corrected chi connectivity index (χ1v) is 8.30. The van der Waals surface area contributed by atoms with E-state index in [-0.39, 0.29) is 5.84 Å². The summed E-state index contributed by atoms with van der Waals surface area (Å²) in [5.41, 5.74) is 8.09. The molecule has 0 aliphatic rings. The molecule has 0 bridgehead atoms. The highest BCUT2D eigenvalue weighted by molar-refractivity contribution is 7.99. The number of hydrogen-bond donors (Lipinski definition) is 2. The van der Waals surface area contributed by atoms with Crippen molar-refractivity contribution in [2.75, 3.05) is 5.75 Å². The van der Waals surface area contributed by atoms with Crippen molar-refractivity contribution < 1.29 is 0 Å². The minimum absolute atomic E-state index is 0.0106. The predicted molar refractivity (Wildman–Crippen MR) is 95.0 cm³/mol. The summed E-state index contributed by atoms with van der Waals surface area (Å²) in [5.74, 6) is 1.07. The van der Waals surface area contributed by atoms with Crippen LogP contribution in [0.5, 0.6) is 0 Å². The molecular weight excluding hydrogens is 302 g/mol. The summed E-state index contributed by atoms with van der Waals surface area (Å²) in [6.45, 7) is 5.94. The van der Waals surface area contributed by atoms with Crippen molar-refractivity contribution in [3.8, 4) is 0 Å². The van der Waals surface area contributed by atoms with Crippen molar-refractivity contribution in [2.24, 2.45) is 10.7 Å². The van der Waals surface area contributed by atoms with E-state index in [0.29, 0.717) is 12.1 Å². The third-order valence-corrected chi connectivity index (χ3v) is 4.35. The van der Waals surface area contributed by atoms with Crippen LogP contribution in [0, 0.1) is 5.41 Å². The largest absolute Gasteiger partial charge is 0.382 e. The zero-order chi connectivity index (χ0) is 15.8. The van der Waals surface area contributed by atoms with E-state index in [4.69, 9.17) is 22.7 Å². The summed E-state index contributed by atoms with van der Waals surface area (Å²) in [7, 11) is 0. The summed E-state index contributed by atoms with van der Waals surface area (Å²) < 4.78 is 0. The van der Waals surface area contributed by atoms with Gasteiger partial charge in [-0.3, -0.25) is 10.4 Å². The molecule has 0 atom stereocenters. The number of thioether (sulfide) groups is 1. The second-order valence-electron chi connectivity index (χ2n) is 4.71. The van der Waals surface area contributed by atoms with Gasteiger partial charge in [-0.1, -0.05) is 24.6 Å². The van der Waals surface area contributed by atoms with Gasteiger partial charge in [-0.2, -0.15) is 0 Å². The zero-order valence-electron chi connectivity index (χ0n) is 12.7. The topological polar surface area (TPSA) is 62.2 Å². The van der Waals surface area contributed by atoms with Gasteiger partial charge in [-0.25, -0.2) is 0 Å². The van der Waals surface area contributed by atoms with Gasteiger partial charge in [-0.15, -0.1) is 11.8 Å². The first kappa shape index (κ1) is 17.8. The monoisotopic (exact) mass is 323 g/mol. The van der Waals surface area contributed by atoms with Gasteiger partial charge in [0.05, 0.1) is 0 Å². The van der Waals surface area contributed by atoms with Gasteiger partial charge >= 0.3 is 0 Å². The number of nitrogens with zero attached hydrogens (tertiary/aromatic N) is 1. The lowest BCUT2D eigenvalue weighted by Crippen LogP contribution is -2.13. The molecule has 1 aromatic carbocycles. The van der Waals surface area contributed by atoms with Gasteiger partial charge in [0, 0.05) is 22.1 Å². The fourth-order valence-electron chi connectivity index (χ4n) is 1.84. The van der Waals surface area contributed by atoms with Gasteiger partial charge in [0.15, 0.2) is 0 Å². The summed E-state index contributed by atoms with van der Waals surface area (Å²) in [5, 5.41) is 8.20. The van der Waals surface area contributed by atoms with Crippen LogP contribution in [0.3, 0.4) is 0 Å². The molecule has 0 heterocycles. The molecule has 0 radical (unpaired) electrons. The predicted octanol–water partition coefficient (Wildman–Crippen LogP) is 4.69. The van der Waals surface area contributed by atoms with Gasteiger partial charge in [-0.05, 0) is 49.8 Å². The average molecular weight is 324 g/mol. The van der Waals surface area contributed by atoms with Gasteiger partial charge < -0.3 is 5.73 Å². The molecule has 0 saturated heterocycles. The Morgan fingerprint density at radius 2 is 2.19 bits per heavy atom. The Hall–Kier alpha value is -1.26. The maximum atomic E-state index is 7.47. The van der Waals surface area contributed by atoms with Gasteiger partial charge in [0.2, 0.25) is 0 Å². The number of aliphatic imine (C=N–C) groups is 1. The summed E-state index contributed by atoms with van der Waals surface area (Å²) >= 11 is 7.94. The lowest BCUT2D eigenvalue weighted by atomic mass is 10.1. The van der Waals surface area contributed by atoms with E-state index >= 15 is 0 Å². The van der Waals surface area contributed by atoms with Crippen LogP contribution in [-0.4, -0.2) is 17.3 Å². The van der Waals surface area contributed by atoms with E-state index in [1.807, 2.05) is 37.7 Å². The summed E-state index contributed by atoms with van der Waals surface area (Å²) in [6, 6.07) is 5.97. The van der Waals surface area contributed by atoms with Gasteiger partial charge in [0.25, 0.3) is 0 Å². The Morgan fingerprint density at radius 3 is 2.76 bits per heavy atom. The molecule has 0 amide bonds. The van der Waals surface area contributed by atoms with Crippen LogP contribution in [-0.2, 0) is 6.42 Å². The van der Waals surface area contributed by atoms with Crippen molar-refractivity contribution in [3.63, 3.8) is 0 Å². The number of benzene rings is 1. The Bertz CT molecular complexity index is 565. The van der Waals surface area contributed by atoms with Crippen molar-refractivity contribution in [2.45, 2.75) is 38.5 Å². The number of nitrogens with one attached hydrogen (secondary N) is 1. The van der Waals surface area contributed by atoms with E-state index in [1.54, 1.807) is 6.08 Å². The molecule has 0 spiro atoms. The Labute approximate surface area is 136 Å². The molecule has 0 aliphatic heterocycles. The number of halogens is 1. The molecule has 1 rings (SSSR count). The minimum Gasteiger partial charge on any atom is -0.382 e. The third kappa shape index (κ3) is 5.94. The molecule has 21 heavy (non-hydrogen) atoms. The van der Waals surface area contributed by atoms with Crippen LogP contribution in [0.4, 0.5) is 0 Å². The molecule has 0 unspecified atom stereocenters. The van der Waals surface area contributed by atoms with Gasteiger partial charge in [0.1, 0.15) is 11.5 Å². The fourth-order valence-corrected chi connectivity index (χ4v) is 2.94. The van der Waals surface area contributed by atoms with Crippen LogP contribution in [0.15, 0.2) is 39.9 Å². The van der Waals surface area contributed by atoms with E-state index in [2.05, 4.69) is 18.0 Å². The first-order chi connectivity index (χ1) is 9.97. The van der Waals surface area contributed by atoms with E-state index in [9.17, 15) is 0 Å². The molecule has 0 aliphatic carbocycles. The number of amidine groups is 1. The molecule has 3 N–H and O–H groups in total. The SMILES string of the molecule is C/C=C(\N=C(C)Cc1cc(Cl)ccc1SCCC)C(=N)N. The highest BCUT2D eigenvalue weighted by atomic mass is 35.5. The van der Waals surface area contributed by atoms with Crippen LogP contribution in [0.25, 0.3) is 0 Å². The minimum atomic E-state index is -0.0106. The molecule has 1 aromatic rings. The highest BCUT2D eigenvalue weighted by Crippen LogP contribution is 2.27. The van der Waals surface area contributed by atoms with Crippen LogP contribution < -0.4 is 5.73 Å². The summed E-state index contributed by atoms with van der Waals surface area (Å²) in [6.07, 6.45) is 3.58. The Kier molecular flexibility index (Phi) is 7.54. The number of allylic oxidation sites excluding steroid dienone is 1. The number of nitrogens with two attached hydrogens (primary N) is 1. The molecule has 5 heteroatoms. The van der Waals surface area contributed by atoms with Crippen molar-refractivity contribution in [1.82, 2.24) is 0 Å².